The molecule has 1 saturated carbocycles. The largest absolute Gasteiger partial charge is 0.348 e. The molecule has 0 atom stereocenters. The summed E-state index contributed by atoms with van der Waals surface area (Å²) < 4.78 is 0. The molecule has 1 N–H and O–H groups in total. The van der Waals surface area contributed by atoms with Crippen LogP contribution in [-0.4, -0.2) is 20.7 Å². The Morgan fingerprint density at radius 3 is 2.33 bits per heavy atom. The molecule has 2 rings (SSSR count). The molecular formula is C11H18N4. The molecule has 4 nitrogen and oxygen atoms in total. The Kier molecular flexibility index (Phi) is 2.59. The summed E-state index contributed by atoms with van der Waals surface area (Å²) in [5, 5.41) is 11.6. The summed E-state index contributed by atoms with van der Waals surface area (Å²) in [4.78, 5) is 4.50. The Labute approximate surface area is 90.5 Å². The van der Waals surface area contributed by atoms with Crippen LogP contribution in [0.3, 0.4) is 0 Å². The van der Waals surface area contributed by atoms with Crippen LogP contribution < -0.4 is 5.32 Å². The van der Waals surface area contributed by atoms with Gasteiger partial charge in [-0.15, -0.1) is 5.10 Å². The van der Waals surface area contributed by atoms with Gasteiger partial charge in [0, 0.05) is 5.54 Å². The van der Waals surface area contributed by atoms with Crippen molar-refractivity contribution < 1.29 is 0 Å². The van der Waals surface area contributed by atoms with Gasteiger partial charge in [0.1, 0.15) is 0 Å². The van der Waals surface area contributed by atoms with Gasteiger partial charge in [-0.3, -0.25) is 0 Å². The second-order valence-corrected chi connectivity index (χ2v) is 4.42. The quantitative estimate of drug-likeness (QED) is 0.818. The van der Waals surface area contributed by atoms with E-state index < -0.39 is 0 Å². The average Bonchev–Trinajstić information content (AvgIpc) is 2.96. The monoisotopic (exact) mass is 206 g/mol. The maximum atomic E-state index is 4.50. The van der Waals surface area contributed by atoms with E-state index in [0.717, 1.165) is 24.2 Å². The van der Waals surface area contributed by atoms with Gasteiger partial charge in [0.25, 0.3) is 0 Å². The molecule has 1 aliphatic rings. The van der Waals surface area contributed by atoms with Crippen LogP contribution in [0.25, 0.3) is 0 Å². The van der Waals surface area contributed by atoms with E-state index >= 15 is 0 Å². The van der Waals surface area contributed by atoms with Crippen molar-refractivity contribution in [3.8, 4) is 0 Å². The highest BCUT2D eigenvalue weighted by Crippen LogP contribution is 2.37. The molecule has 4 heteroatoms. The maximum Gasteiger partial charge on any atom is 0.243 e. The van der Waals surface area contributed by atoms with Gasteiger partial charge in [0.15, 0.2) is 0 Å². The van der Waals surface area contributed by atoms with E-state index in [4.69, 9.17) is 0 Å². The number of nitrogens with zero attached hydrogens (tertiary/aromatic N) is 3. The molecule has 1 aromatic heterocycles. The summed E-state index contributed by atoms with van der Waals surface area (Å²) >= 11 is 0. The van der Waals surface area contributed by atoms with Crippen LogP contribution in [0.1, 0.15) is 45.0 Å². The van der Waals surface area contributed by atoms with Gasteiger partial charge in [-0.2, -0.15) is 5.10 Å². The third-order valence-electron chi connectivity index (χ3n) is 2.92. The van der Waals surface area contributed by atoms with Gasteiger partial charge < -0.3 is 5.32 Å². The topological polar surface area (TPSA) is 50.7 Å². The summed E-state index contributed by atoms with van der Waals surface area (Å²) in [5.74, 6) is 0.684. The summed E-state index contributed by atoms with van der Waals surface area (Å²) in [6.07, 6.45) is 4.23. The van der Waals surface area contributed by atoms with E-state index in [0.29, 0.717) is 5.95 Å². The molecule has 15 heavy (non-hydrogen) atoms. The van der Waals surface area contributed by atoms with Crippen LogP contribution in [0.4, 0.5) is 5.95 Å². The fourth-order valence-electron chi connectivity index (χ4n) is 1.57. The van der Waals surface area contributed by atoms with Crippen molar-refractivity contribution in [3.63, 3.8) is 0 Å². The predicted molar refractivity (Wildman–Crippen MR) is 59.8 cm³/mol. The van der Waals surface area contributed by atoms with Crippen molar-refractivity contribution in [1.29, 1.82) is 0 Å². The number of rotatable bonds is 4. The predicted octanol–water partition coefficient (Wildman–Crippen LogP) is 1.96. The highest BCUT2D eigenvalue weighted by molar-refractivity contribution is 5.32. The molecule has 0 aromatic carbocycles. The Morgan fingerprint density at radius 1 is 1.13 bits per heavy atom. The molecule has 0 radical (unpaired) electrons. The Balaban J connectivity index is 2.18. The van der Waals surface area contributed by atoms with Crippen LogP contribution in [0, 0.1) is 0 Å². The van der Waals surface area contributed by atoms with Crippen LogP contribution in [-0.2, 0) is 12.8 Å². The van der Waals surface area contributed by atoms with Crippen LogP contribution in [0.15, 0.2) is 0 Å². The number of hydrogen-bond acceptors (Lipinski definition) is 4. The molecule has 0 spiro atoms. The molecule has 1 heterocycles. The average molecular weight is 206 g/mol. The highest BCUT2D eigenvalue weighted by atomic mass is 15.3. The van der Waals surface area contributed by atoms with Crippen molar-refractivity contribution in [2.24, 2.45) is 0 Å². The first kappa shape index (κ1) is 10.3. The van der Waals surface area contributed by atoms with Gasteiger partial charge in [-0.25, -0.2) is 4.98 Å². The molecular weight excluding hydrogens is 188 g/mol. The summed E-state index contributed by atoms with van der Waals surface area (Å²) in [5.41, 5.74) is 2.31. The molecule has 0 saturated heterocycles. The van der Waals surface area contributed by atoms with E-state index in [1.807, 2.05) is 0 Å². The lowest BCUT2D eigenvalue weighted by Crippen LogP contribution is -2.19. The lowest BCUT2D eigenvalue weighted by molar-refractivity contribution is 0.767. The van der Waals surface area contributed by atoms with E-state index in [2.05, 4.69) is 41.3 Å². The number of aryl methyl sites for hydroxylation is 2. The van der Waals surface area contributed by atoms with Crippen molar-refractivity contribution in [2.75, 3.05) is 5.32 Å². The van der Waals surface area contributed by atoms with Gasteiger partial charge in [0.05, 0.1) is 11.4 Å². The molecule has 1 aliphatic carbocycles. The van der Waals surface area contributed by atoms with Gasteiger partial charge in [-0.05, 0) is 32.6 Å². The molecule has 0 unspecified atom stereocenters. The first-order valence-corrected chi connectivity index (χ1v) is 5.67. The fraction of sp³-hybridized carbons (Fsp3) is 0.727. The van der Waals surface area contributed by atoms with Crippen molar-refractivity contribution in [2.45, 2.75) is 52.0 Å². The SMILES string of the molecule is CCc1nnc(NC2(C)CC2)nc1CC. The van der Waals surface area contributed by atoms with Crippen molar-refractivity contribution in [3.05, 3.63) is 11.4 Å². The number of nitrogens with one attached hydrogen (secondary N) is 1. The van der Waals surface area contributed by atoms with Gasteiger partial charge >= 0.3 is 0 Å². The summed E-state index contributed by atoms with van der Waals surface area (Å²) in [6, 6.07) is 0. The molecule has 0 amide bonds. The minimum absolute atomic E-state index is 0.223. The van der Waals surface area contributed by atoms with E-state index in [1.54, 1.807) is 0 Å². The second-order valence-electron chi connectivity index (χ2n) is 4.42. The van der Waals surface area contributed by atoms with E-state index in [-0.39, 0.29) is 5.54 Å². The zero-order valence-electron chi connectivity index (χ0n) is 9.67. The molecule has 1 aromatic rings. The summed E-state index contributed by atoms with van der Waals surface area (Å²) in [7, 11) is 0. The minimum atomic E-state index is 0.223. The van der Waals surface area contributed by atoms with Crippen LogP contribution >= 0.6 is 0 Å². The Bertz CT molecular complexity index is 358. The van der Waals surface area contributed by atoms with Gasteiger partial charge in [-0.1, -0.05) is 13.8 Å². The lowest BCUT2D eigenvalue weighted by atomic mass is 10.2. The highest BCUT2D eigenvalue weighted by Gasteiger charge is 2.38. The van der Waals surface area contributed by atoms with Gasteiger partial charge in [0.2, 0.25) is 5.95 Å². The van der Waals surface area contributed by atoms with Crippen LogP contribution in [0.5, 0.6) is 0 Å². The lowest BCUT2D eigenvalue weighted by Gasteiger charge is -2.12. The Morgan fingerprint density at radius 2 is 1.80 bits per heavy atom. The zero-order valence-corrected chi connectivity index (χ0v) is 9.67. The molecule has 1 fully saturated rings. The number of anilines is 1. The summed E-state index contributed by atoms with van der Waals surface area (Å²) in [6.45, 7) is 6.38. The van der Waals surface area contributed by atoms with Crippen molar-refractivity contribution in [1.82, 2.24) is 15.2 Å². The first-order chi connectivity index (χ1) is 7.17. The Hall–Kier alpha value is -1.19. The zero-order chi connectivity index (χ0) is 10.9. The van der Waals surface area contributed by atoms with E-state index in [1.165, 1.54) is 12.8 Å². The maximum absolute atomic E-state index is 4.50. The smallest absolute Gasteiger partial charge is 0.243 e. The third kappa shape index (κ3) is 2.25. The molecule has 0 aliphatic heterocycles. The minimum Gasteiger partial charge on any atom is -0.348 e. The molecule has 0 bridgehead atoms. The fourth-order valence-corrected chi connectivity index (χ4v) is 1.57. The third-order valence-corrected chi connectivity index (χ3v) is 2.92. The second kappa shape index (κ2) is 3.76. The number of hydrogen-bond donors (Lipinski definition) is 1. The first-order valence-electron chi connectivity index (χ1n) is 5.67. The normalized spacial score (nSPS) is 17.5. The van der Waals surface area contributed by atoms with E-state index in [9.17, 15) is 0 Å². The number of aromatic nitrogens is 3. The molecule has 82 valence electrons. The van der Waals surface area contributed by atoms with Crippen LogP contribution in [0.2, 0.25) is 0 Å². The standard InChI is InChI=1S/C11H18N4/c1-4-8-9(5-2)14-15-10(12-8)13-11(3)6-7-11/h4-7H2,1-3H3,(H,12,13,15). The van der Waals surface area contributed by atoms with Crippen molar-refractivity contribution >= 4 is 5.95 Å².